The van der Waals surface area contributed by atoms with Gasteiger partial charge < -0.3 is 9.47 Å². The van der Waals surface area contributed by atoms with E-state index in [0.717, 1.165) is 0 Å². The van der Waals surface area contributed by atoms with Crippen molar-refractivity contribution in [2.75, 3.05) is 14.2 Å². The van der Waals surface area contributed by atoms with E-state index in [9.17, 15) is 40.5 Å². The molecule has 0 radical (unpaired) electrons. The van der Waals surface area contributed by atoms with Gasteiger partial charge in [-0.1, -0.05) is 0 Å². The van der Waals surface area contributed by atoms with Gasteiger partial charge in [-0.05, 0) is 0 Å². The van der Waals surface area contributed by atoms with E-state index >= 15 is 0 Å². The Balaban J connectivity index is 5.00. The molecule has 0 N–H and O–H groups in total. The standard InChI is InChI=1S/C10H12F6O7P/c1-20-7(17)5(3-9(11,12)13)22-24(19)23-6(8(18)21-2)4-10(14,15)16/h5-6H,3-4H2,1-2H3/q+1. The van der Waals surface area contributed by atoms with Gasteiger partial charge in [0.1, 0.15) is 0 Å². The average Bonchev–Trinajstić information content (AvgIpc) is 2.41. The highest BCUT2D eigenvalue weighted by atomic mass is 31.1. The molecule has 140 valence electrons. The van der Waals surface area contributed by atoms with E-state index in [-0.39, 0.29) is 0 Å². The molecule has 0 rings (SSSR count). The maximum Gasteiger partial charge on any atom is 0.699 e. The third kappa shape index (κ3) is 9.63. The second-order valence-electron chi connectivity index (χ2n) is 4.10. The number of esters is 2. The maximum atomic E-state index is 12.3. The van der Waals surface area contributed by atoms with Crippen LogP contribution in [0.4, 0.5) is 26.3 Å². The van der Waals surface area contributed by atoms with Crippen LogP contribution in [0, 0.1) is 0 Å². The van der Waals surface area contributed by atoms with Gasteiger partial charge in [-0.3, -0.25) is 0 Å². The van der Waals surface area contributed by atoms with Crippen molar-refractivity contribution in [3.05, 3.63) is 0 Å². The highest BCUT2D eigenvalue weighted by molar-refractivity contribution is 7.33. The first-order chi connectivity index (χ1) is 10.8. The number of carbonyl (C=O) groups excluding carboxylic acids is 2. The Labute approximate surface area is 132 Å². The number of halogens is 6. The Morgan fingerprint density at radius 1 is 0.833 bits per heavy atom. The van der Waals surface area contributed by atoms with Crippen LogP contribution in [-0.2, 0) is 32.7 Å². The number of carbonyl (C=O) groups is 2. The molecule has 0 fully saturated rings. The first-order valence-electron chi connectivity index (χ1n) is 5.89. The minimum absolute atomic E-state index is 0.712. The number of ether oxygens (including phenoxy) is 2. The van der Waals surface area contributed by atoms with Gasteiger partial charge in [0.25, 0.3) is 0 Å². The van der Waals surface area contributed by atoms with Crippen LogP contribution in [-0.4, -0.2) is 50.7 Å². The summed E-state index contributed by atoms with van der Waals surface area (Å²) in [5.41, 5.74) is 0. The molecule has 0 aromatic rings. The Morgan fingerprint density at radius 3 is 1.33 bits per heavy atom. The number of alkyl halides is 6. The summed E-state index contributed by atoms with van der Waals surface area (Å²) in [4.78, 5) is 22.3. The fraction of sp³-hybridized carbons (Fsp3) is 0.800. The summed E-state index contributed by atoms with van der Waals surface area (Å²) < 4.78 is 101. The molecule has 0 amide bonds. The van der Waals surface area contributed by atoms with Gasteiger partial charge >= 0.3 is 32.5 Å². The van der Waals surface area contributed by atoms with Crippen molar-refractivity contribution < 1.29 is 59.0 Å². The van der Waals surface area contributed by atoms with Crippen LogP contribution in [0.1, 0.15) is 12.8 Å². The van der Waals surface area contributed by atoms with E-state index in [4.69, 9.17) is 0 Å². The molecule has 0 aromatic heterocycles. The Kier molecular flexibility index (Phi) is 8.58. The zero-order valence-electron chi connectivity index (χ0n) is 12.1. The molecule has 0 aliphatic heterocycles. The van der Waals surface area contributed by atoms with Crippen LogP contribution >= 0.6 is 8.25 Å². The number of hydrogen-bond donors (Lipinski definition) is 0. The summed E-state index contributed by atoms with van der Waals surface area (Å²) in [6.45, 7) is 0. The van der Waals surface area contributed by atoms with E-state index in [0.29, 0.717) is 14.2 Å². The Bertz CT molecular complexity index is 424. The van der Waals surface area contributed by atoms with Gasteiger partial charge in [0, 0.05) is 4.57 Å². The van der Waals surface area contributed by atoms with Crippen molar-refractivity contribution in [1.29, 1.82) is 0 Å². The summed E-state index contributed by atoms with van der Waals surface area (Å²) in [7, 11) is -2.27. The van der Waals surface area contributed by atoms with Crippen LogP contribution in [0.15, 0.2) is 0 Å². The third-order valence-corrected chi connectivity index (χ3v) is 3.04. The molecule has 0 aromatic carbocycles. The van der Waals surface area contributed by atoms with E-state index in [2.05, 4.69) is 18.5 Å². The molecule has 2 atom stereocenters. The van der Waals surface area contributed by atoms with Crippen LogP contribution in [0.25, 0.3) is 0 Å². The first kappa shape index (κ1) is 22.5. The van der Waals surface area contributed by atoms with Crippen molar-refractivity contribution in [3.63, 3.8) is 0 Å². The minimum atomic E-state index is -4.93. The highest BCUT2D eigenvalue weighted by Crippen LogP contribution is 2.36. The van der Waals surface area contributed by atoms with E-state index in [1.807, 2.05) is 0 Å². The fourth-order valence-electron chi connectivity index (χ4n) is 1.24. The summed E-state index contributed by atoms with van der Waals surface area (Å²) in [6.07, 6.45) is -18.6. The molecular weight excluding hydrogens is 377 g/mol. The molecule has 0 saturated carbocycles. The molecular formula is C10H12F6O7P+. The zero-order chi connectivity index (χ0) is 19.1. The smallest absolute Gasteiger partial charge is 0.467 e. The topological polar surface area (TPSA) is 88.1 Å². The van der Waals surface area contributed by atoms with Gasteiger partial charge in [-0.2, -0.15) is 26.3 Å². The molecule has 7 nitrogen and oxygen atoms in total. The number of hydrogen-bond acceptors (Lipinski definition) is 7. The SMILES string of the molecule is COC(=O)C(CC(F)(F)F)O[P+](=O)OC(CC(F)(F)F)C(=O)OC. The Morgan fingerprint density at radius 2 is 1.12 bits per heavy atom. The second-order valence-corrected chi connectivity index (χ2v) is 4.97. The summed E-state index contributed by atoms with van der Waals surface area (Å²) >= 11 is 0. The molecule has 0 aliphatic rings. The Hall–Kier alpha value is -1.46. The predicted molar refractivity (Wildman–Crippen MR) is 62.7 cm³/mol. The molecule has 0 heterocycles. The molecule has 14 heteroatoms. The lowest BCUT2D eigenvalue weighted by Crippen LogP contribution is -2.32. The van der Waals surface area contributed by atoms with Gasteiger partial charge in [0.05, 0.1) is 27.1 Å². The molecule has 0 aliphatic carbocycles. The minimum Gasteiger partial charge on any atom is -0.467 e. The molecule has 0 bridgehead atoms. The second kappa shape index (κ2) is 9.14. The zero-order valence-corrected chi connectivity index (χ0v) is 13.0. The summed E-state index contributed by atoms with van der Waals surface area (Å²) in [6, 6.07) is 0. The number of methoxy groups -OCH3 is 2. The number of rotatable bonds is 8. The van der Waals surface area contributed by atoms with Gasteiger partial charge in [-0.25, -0.2) is 9.59 Å². The molecule has 24 heavy (non-hydrogen) atoms. The maximum absolute atomic E-state index is 12.3. The van der Waals surface area contributed by atoms with Gasteiger partial charge in [0.2, 0.25) is 12.2 Å². The lowest BCUT2D eigenvalue weighted by Gasteiger charge is -2.13. The van der Waals surface area contributed by atoms with Crippen LogP contribution in [0.5, 0.6) is 0 Å². The molecule has 0 spiro atoms. The van der Waals surface area contributed by atoms with Crippen LogP contribution in [0.2, 0.25) is 0 Å². The largest absolute Gasteiger partial charge is 0.699 e. The van der Waals surface area contributed by atoms with Crippen LogP contribution in [0.3, 0.4) is 0 Å². The van der Waals surface area contributed by atoms with Crippen molar-refractivity contribution in [2.24, 2.45) is 0 Å². The third-order valence-electron chi connectivity index (χ3n) is 2.19. The molecule has 2 unspecified atom stereocenters. The van der Waals surface area contributed by atoms with Gasteiger partial charge in [0.15, 0.2) is 0 Å². The van der Waals surface area contributed by atoms with Crippen molar-refractivity contribution >= 4 is 20.2 Å². The summed E-state index contributed by atoms with van der Waals surface area (Å²) in [5, 5.41) is 0. The van der Waals surface area contributed by atoms with E-state index in [1.54, 1.807) is 0 Å². The normalized spacial score (nSPS) is 15.4. The van der Waals surface area contributed by atoms with Crippen molar-refractivity contribution in [1.82, 2.24) is 0 Å². The fourth-order valence-corrected chi connectivity index (χ4v) is 2.03. The predicted octanol–water partition coefficient (Wildman–Crippen LogP) is 2.67. The lowest BCUT2D eigenvalue weighted by atomic mass is 10.2. The highest BCUT2D eigenvalue weighted by Gasteiger charge is 2.47. The van der Waals surface area contributed by atoms with E-state index in [1.165, 1.54) is 0 Å². The average molecular weight is 389 g/mol. The van der Waals surface area contributed by atoms with E-state index < -0.39 is 57.6 Å². The van der Waals surface area contributed by atoms with Gasteiger partial charge in [-0.15, -0.1) is 9.05 Å². The van der Waals surface area contributed by atoms with Crippen molar-refractivity contribution in [3.8, 4) is 0 Å². The summed E-state index contributed by atoms with van der Waals surface area (Å²) in [5.74, 6) is -3.16. The first-order valence-corrected chi connectivity index (χ1v) is 6.98. The lowest BCUT2D eigenvalue weighted by molar-refractivity contribution is -0.176. The van der Waals surface area contributed by atoms with Crippen LogP contribution < -0.4 is 0 Å². The molecule has 0 saturated heterocycles. The quantitative estimate of drug-likeness (QED) is 0.358. The monoisotopic (exact) mass is 389 g/mol. The van der Waals surface area contributed by atoms with Crippen molar-refractivity contribution in [2.45, 2.75) is 37.4 Å².